The number of aromatic nitrogens is 1. The van der Waals surface area contributed by atoms with Crippen LogP contribution in [0.4, 0.5) is 0 Å². The second-order valence-electron chi connectivity index (χ2n) is 6.95. The van der Waals surface area contributed by atoms with E-state index in [-0.39, 0.29) is 0 Å². The Bertz CT molecular complexity index is 748. The zero-order valence-electron chi connectivity index (χ0n) is 16.1. The standard InChI is InChI=1S/C21H28N2O3/c1-15-6-7-22-18(10-15)11-16(2)23(3)14-17-12-20-21(13-19(17)24-4)26-9-5-8-25-20/h6-7,10,12-13,16H,5,8-9,11,14H2,1-4H3/t16-/m1/s1. The molecular formula is C21H28N2O3. The van der Waals surface area contributed by atoms with Crippen molar-refractivity contribution in [2.24, 2.45) is 0 Å². The van der Waals surface area contributed by atoms with Gasteiger partial charge in [-0.15, -0.1) is 0 Å². The van der Waals surface area contributed by atoms with Gasteiger partial charge in [0, 0.05) is 48.9 Å². The van der Waals surface area contributed by atoms with Crippen LogP contribution in [-0.2, 0) is 13.0 Å². The first-order valence-electron chi connectivity index (χ1n) is 9.15. The summed E-state index contributed by atoms with van der Waals surface area (Å²) >= 11 is 0. The highest BCUT2D eigenvalue weighted by atomic mass is 16.5. The molecule has 140 valence electrons. The lowest BCUT2D eigenvalue weighted by molar-refractivity contribution is 0.242. The summed E-state index contributed by atoms with van der Waals surface area (Å²) in [7, 11) is 3.83. The zero-order chi connectivity index (χ0) is 18.5. The van der Waals surface area contributed by atoms with Crippen molar-refractivity contribution in [2.75, 3.05) is 27.4 Å². The molecule has 0 aliphatic carbocycles. The Kier molecular flexibility index (Phi) is 5.99. The molecule has 0 N–H and O–H groups in total. The molecule has 1 aromatic heterocycles. The lowest BCUT2D eigenvalue weighted by atomic mass is 10.1. The number of nitrogens with zero attached hydrogens (tertiary/aromatic N) is 2. The van der Waals surface area contributed by atoms with Crippen LogP contribution in [0.1, 0.15) is 30.2 Å². The summed E-state index contributed by atoms with van der Waals surface area (Å²) in [5.74, 6) is 2.41. The van der Waals surface area contributed by atoms with Crippen LogP contribution in [0, 0.1) is 6.92 Å². The van der Waals surface area contributed by atoms with Crippen LogP contribution < -0.4 is 14.2 Å². The Morgan fingerprint density at radius 1 is 1.19 bits per heavy atom. The van der Waals surface area contributed by atoms with Crippen molar-refractivity contribution in [3.05, 3.63) is 47.3 Å². The van der Waals surface area contributed by atoms with E-state index in [9.17, 15) is 0 Å². The maximum absolute atomic E-state index is 5.83. The molecule has 2 aromatic rings. The molecule has 0 unspecified atom stereocenters. The Morgan fingerprint density at radius 2 is 1.92 bits per heavy atom. The van der Waals surface area contributed by atoms with E-state index in [4.69, 9.17) is 14.2 Å². The molecule has 2 heterocycles. The highest BCUT2D eigenvalue weighted by Crippen LogP contribution is 2.37. The number of hydrogen-bond donors (Lipinski definition) is 0. The third kappa shape index (κ3) is 4.47. The minimum Gasteiger partial charge on any atom is -0.496 e. The van der Waals surface area contributed by atoms with Crippen molar-refractivity contribution in [3.63, 3.8) is 0 Å². The molecule has 1 aliphatic rings. The number of pyridine rings is 1. The predicted octanol–water partition coefficient (Wildman–Crippen LogP) is 3.62. The largest absolute Gasteiger partial charge is 0.496 e. The van der Waals surface area contributed by atoms with Gasteiger partial charge in [0.25, 0.3) is 0 Å². The first kappa shape index (κ1) is 18.5. The van der Waals surface area contributed by atoms with Crippen molar-refractivity contribution in [1.82, 2.24) is 9.88 Å². The topological polar surface area (TPSA) is 43.8 Å². The first-order valence-corrected chi connectivity index (χ1v) is 9.15. The van der Waals surface area contributed by atoms with Gasteiger partial charge in [0.2, 0.25) is 0 Å². The van der Waals surface area contributed by atoms with E-state index in [0.29, 0.717) is 19.3 Å². The molecular weight excluding hydrogens is 328 g/mol. The van der Waals surface area contributed by atoms with Gasteiger partial charge in [0.15, 0.2) is 11.5 Å². The summed E-state index contributed by atoms with van der Waals surface area (Å²) in [6.45, 7) is 6.45. The molecule has 0 radical (unpaired) electrons. The van der Waals surface area contributed by atoms with Crippen LogP contribution in [0.5, 0.6) is 17.2 Å². The molecule has 0 amide bonds. The number of methoxy groups -OCH3 is 1. The molecule has 0 saturated heterocycles. The van der Waals surface area contributed by atoms with Gasteiger partial charge in [-0.05, 0) is 44.7 Å². The predicted molar refractivity (Wildman–Crippen MR) is 102 cm³/mol. The molecule has 3 rings (SSSR count). The Labute approximate surface area is 155 Å². The van der Waals surface area contributed by atoms with Crippen LogP contribution in [0.15, 0.2) is 30.5 Å². The van der Waals surface area contributed by atoms with Crippen molar-refractivity contribution in [2.45, 2.75) is 39.3 Å². The Morgan fingerprint density at radius 3 is 2.62 bits per heavy atom. The van der Waals surface area contributed by atoms with E-state index in [2.05, 4.69) is 36.8 Å². The van der Waals surface area contributed by atoms with Crippen LogP contribution in [0.3, 0.4) is 0 Å². The van der Waals surface area contributed by atoms with Gasteiger partial charge in [0.05, 0.1) is 20.3 Å². The fourth-order valence-electron chi connectivity index (χ4n) is 3.14. The maximum Gasteiger partial charge on any atom is 0.164 e. The second kappa shape index (κ2) is 8.41. The minimum absolute atomic E-state index is 0.352. The lowest BCUT2D eigenvalue weighted by Crippen LogP contribution is -2.30. The molecule has 1 atom stereocenters. The number of ether oxygens (including phenoxy) is 3. The van der Waals surface area contributed by atoms with Crippen LogP contribution in [0.25, 0.3) is 0 Å². The third-order valence-corrected chi connectivity index (χ3v) is 4.80. The fourth-order valence-corrected chi connectivity index (χ4v) is 3.14. The van der Waals surface area contributed by atoms with Crippen LogP contribution in [-0.4, -0.2) is 43.3 Å². The number of benzene rings is 1. The van der Waals surface area contributed by atoms with E-state index in [0.717, 1.165) is 47.9 Å². The summed E-state index contributed by atoms with van der Waals surface area (Å²) in [4.78, 5) is 6.79. The molecule has 5 heteroatoms. The minimum atomic E-state index is 0.352. The average Bonchev–Trinajstić information content (AvgIpc) is 2.85. The smallest absolute Gasteiger partial charge is 0.164 e. The average molecular weight is 356 g/mol. The van der Waals surface area contributed by atoms with Gasteiger partial charge in [-0.3, -0.25) is 9.88 Å². The van der Waals surface area contributed by atoms with Crippen LogP contribution >= 0.6 is 0 Å². The first-order chi connectivity index (χ1) is 12.6. The lowest BCUT2D eigenvalue weighted by Gasteiger charge is -2.26. The molecule has 0 bridgehead atoms. The number of fused-ring (bicyclic) bond motifs is 1. The number of likely N-dealkylation sites (N-methyl/N-ethyl adjacent to an activating group) is 1. The monoisotopic (exact) mass is 356 g/mol. The molecule has 26 heavy (non-hydrogen) atoms. The van der Waals surface area contributed by atoms with E-state index in [1.165, 1.54) is 5.56 Å². The fraction of sp³-hybridized carbons (Fsp3) is 0.476. The number of hydrogen-bond acceptors (Lipinski definition) is 5. The van der Waals surface area contributed by atoms with Crippen molar-refractivity contribution >= 4 is 0 Å². The quantitative estimate of drug-likeness (QED) is 0.791. The van der Waals surface area contributed by atoms with Crippen molar-refractivity contribution < 1.29 is 14.2 Å². The Balaban J connectivity index is 1.73. The SMILES string of the molecule is COc1cc2c(cc1CN(C)[C@H](C)Cc1cc(C)ccn1)OCCCO2. The van der Waals surface area contributed by atoms with Gasteiger partial charge in [-0.1, -0.05) is 0 Å². The van der Waals surface area contributed by atoms with Crippen LogP contribution in [0.2, 0.25) is 0 Å². The summed E-state index contributed by atoms with van der Waals surface area (Å²) in [6, 6.07) is 8.52. The van der Waals surface area contributed by atoms with E-state index >= 15 is 0 Å². The van der Waals surface area contributed by atoms with E-state index in [1.807, 2.05) is 24.4 Å². The molecule has 0 fully saturated rings. The number of aryl methyl sites for hydroxylation is 1. The van der Waals surface area contributed by atoms with Gasteiger partial charge in [0.1, 0.15) is 5.75 Å². The second-order valence-corrected chi connectivity index (χ2v) is 6.95. The normalized spacial score (nSPS) is 14.8. The molecule has 5 nitrogen and oxygen atoms in total. The maximum atomic E-state index is 5.83. The summed E-state index contributed by atoms with van der Waals surface area (Å²) in [6.07, 6.45) is 3.68. The van der Waals surface area contributed by atoms with Gasteiger partial charge >= 0.3 is 0 Å². The summed E-state index contributed by atoms with van der Waals surface area (Å²) in [5, 5.41) is 0. The molecule has 0 spiro atoms. The highest BCUT2D eigenvalue weighted by Gasteiger charge is 2.18. The van der Waals surface area contributed by atoms with Crippen molar-refractivity contribution in [1.29, 1.82) is 0 Å². The molecule has 1 aliphatic heterocycles. The molecule has 1 aromatic carbocycles. The van der Waals surface area contributed by atoms with E-state index < -0.39 is 0 Å². The summed E-state index contributed by atoms with van der Waals surface area (Å²) < 4.78 is 17.2. The zero-order valence-corrected chi connectivity index (χ0v) is 16.1. The van der Waals surface area contributed by atoms with Gasteiger partial charge in [-0.2, -0.15) is 0 Å². The van der Waals surface area contributed by atoms with Gasteiger partial charge < -0.3 is 14.2 Å². The third-order valence-electron chi connectivity index (χ3n) is 4.80. The number of rotatable bonds is 6. The Hall–Kier alpha value is -2.27. The van der Waals surface area contributed by atoms with Gasteiger partial charge in [-0.25, -0.2) is 0 Å². The highest BCUT2D eigenvalue weighted by molar-refractivity contribution is 5.51. The molecule has 0 saturated carbocycles. The van der Waals surface area contributed by atoms with Crippen molar-refractivity contribution in [3.8, 4) is 17.2 Å². The van der Waals surface area contributed by atoms with E-state index in [1.54, 1.807) is 7.11 Å². The summed E-state index contributed by atoms with van der Waals surface area (Å²) in [5.41, 5.74) is 3.47.